The van der Waals surface area contributed by atoms with Gasteiger partial charge in [-0.25, -0.2) is 37.9 Å². The molecule has 11 heteroatoms. The molecule has 2 aromatic rings. The van der Waals surface area contributed by atoms with Crippen molar-refractivity contribution >= 4 is 22.2 Å². The van der Waals surface area contributed by atoms with Crippen molar-refractivity contribution in [3.63, 3.8) is 0 Å². The quantitative estimate of drug-likeness (QED) is 0.451. The second-order valence-corrected chi connectivity index (χ2v) is 11.4. The lowest BCUT2D eigenvalue weighted by atomic mass is 9.82. The highest BCUT2D eigenvalue weighted by Gasteiger charge is 2.29. The highest BCUT2D eigenvalue weighted by Crippen LogP contribution is 2.28. The maximum atomic E-state index is 13.1. The van der Waals surface area contributed by atoms with Gasteiger partial charge in [-0.2, -0.15) is 0 Å². The van der Waals surface area contributed by atoms with Gasteiger partial charge in [0.1, 0.15) is 17.8 Å². The van der Waals surface area contributed by atoms with E-state index in [2.05, 4.69) is 25.4 Å². The summed E-state index contributed by atoms with van der Waals surface area (Å²) in [7, 11) is -3.63. The minimum atomic E-state index is -3.63. The zero-order chi connectivity index (χ0) is 25.0. The minimum Gasteiger partial charge on any atom is -0.277 e. The lowest BCUT2D eigenvalue weighted by Crippen LogP contribution is -2.48. The maximum absolute atomic E-state index is 13.1. The number of amidine groups is 1. The van der Waals surface area contributed by atoms with Crippen molar-refractivity contribution < 1.29 is 12.8 Å². The number of aromatic nitrogens is 1. The number of nitrogens with one attached hydrogen (secondary N) is 3. The van der Waals surface area contributed by atoms with Crippen molar-refractivity contribution in [2.45, 2.75) is 55.8 Å². The fourth-order valence-corrected chi connectivity index (χ4v) is 5.64. The van der Waals surface area contributed by atoms with E-state index < -0.39 is 15.8 Å². The molecule has 0 radical (unpaired) electrons. The maximum Gasteiger partial charge on any atom is 0.240 e. The van der Waals surface area contributed by atoms with E-state index in [1.807, 2.05) is 23.2 Å². The molecular weight excluding hydrogens is 481 g/mol. The van der Waals surface area contributed by atoms with Crippen LogP contribution >= 0.6 is 0 Å². The Labute approximate surface area is 211 Å². The summed E-state index contributed by atoms with van der Waals surface area (Å²) in [6, 6.07) is 11.1. The van der Waals surface area contributed by atoms with E-state index in [4.69, 9.17) is 4.99 Å². The van der Waals surface area contributed by atoms with Gasteiger partial charge in [0, 0.05) is 25.3 Å². The van der Waals surface area contributed by atoms with Crippen LogP contribution in [0.2, 0.25) is 0 Å². The molecule has 1 aliphatic heterocycles. The smallest absolute Gasteiger partial charge is 0.240 e. The molecule has 1 aromatic carbocycles. The normalized spacial score (nSPS) is 24.5. The number of hydrogen-bond donors (Lipinski definition) is 3. The van der Waals surface area contributed by atoms with Crippen molar-refractivity contribution in [2.75, 3.05) is 13.1 Å². The molecule has 0 amide bonds. The summed E-state index contributed by atoms with van der Waals surface area (Å²) in [6.45, 7) is 1.19. The Morgan fingerprint density at radius 3 is 2.33 bits per heavy atom. The van der Waals surface area contributed by atoms with Crippen LogP contribution in [0, 0.1) is 17.7 Å². The van der Waals surface area contributed by atoms with Crippen LogP contribution in [0.15, 0.2) is 63.5 Å². The molecule has 36 heavy (non-hydrogen) atoms. The molecule has 1 unspecified atom stereocenters. The number of pyridine rings is 1. The molecule has 0 saturated heterocycles. The van der Waals surface area contributed by atoms with Gasteiger partial charge >= 0.3 is 0 Å². The van der Waals surface area contributed by atoms with E-state index >= 15 is 0 Å². The van der Waals surface area contributed by atoms with Crippen LogP contribution < -0.4 is 15.5 Å². The van der Waals surface area contributed by atoms with Crippen molar-refractivity contribution in [1.29, 1.82) is 0 Å². The van der Waals surface area contributed by atoms with Gasteiger partial charge in [0.05, 0.1) is 4.90 Å². The van der Waals surface area contributed by atoms with E-state index in [-0.39, 0.29) is 11.2 Å². The number of hydrazine groups is 1. The average Bonchev–Trinajstić information content (AvgIpc) is 3.72. The van der Waals surface area contributed by atoms with Crippen LogP contribution in [-0.2, 0) is 10.0 Å². The number of benzene rings is 1. The number of aliphatic imine (C=N–C) groups is 2. The number of sulfonamides is 1. The lowest BCUT2D eigenvalue weighted by Gasteiger charge is -2.30. The summed E-state index contributed by atoms with van der Waals surface area (Å²) < 4.78 is 40.7. The lowest BCUT2D eigenvalue weighted by molar-refractivity contribution is 0.262. The zero-order valence-electron chi connectivity index (χ0n) is 20.1. The molecular formula is C25H32FN7O2S. The van der Waals surface area contributed by atoms with Crippen molar-refractivity contribution in [2.24, 2.45) is 21.8 Å². The highest BCUT2D eigenvalue weighted by molar-refractivity contribution is 7.89. The first-order chi connectivity index (χ1) is 17.5. The first-order valence-corrected chi connectivity index (χ1v) is 14.0. The topological polar surface area (TPSA) is 111 Å². The van der Waals surface area contributed by atoms with Crippen LogP contribution in [-0.4, -0.2) is 56.0 Å². The highest BCUT2D eigenvalue weighted by atomic mass is 32.2. The molecule has 1 aromatic heterocycles. The summed E-state index contributed by atoms with van der Waals surface area (Å²) in [4.78, 5) is 13.9. The Balaban J connectivity index is 1.09. The summed E-state index contributed by atoms with van der Waals surface area (Å²) >= 11 is 0. The third kappa shape index (κ3) is 6.52. The molecule has 9 nitrogen and oxygen atoms in total. The van der Waals surface area contributed by atoms with Crippen molar-refractivity contribution in [1.82, 2.24) is 25.5 Å². The second kappa shape index (κ2) is 11.1. The van der Waals surface area contributed by atoms with Crippen molar-refractivity contribution in [3.05, 3.63) is 60.2 Å². The minimum absolute atomic E-state index is 0.0892. The predicted octanol–water partition coefficient (Wildman–Crippen LogP) is 2.64. The standard InChI is InChI=1S/C25H32FN7O2S/c26-20-8-12-22(13-9-20)36(34,35)30-16-19-6-4-18(5-7-19)15-28-25-29-17-33(32-21-10-11-21)24(31-25)23-3-1-2-14-27-23/h1-3,8-9,12-14,17-19,21,25,28,30,32H,4-7,10-11,15-16H2. The molecule has 0 spiro atoms. The van der Waals surface area contributed by atoms with Crippen molar-refractivity contribution in [3.8, 4) is 0 Å². The number of rotatable bonds is 10. The molecule has 2 heterocycles. The van der Waals surface area contributed by atoms with Crippen LogP contribution in [0.5, 0.6) is 0 Å². The first-order valence-electron chi connectivity index (χ1n) is 12.5. The van der Waals surface area contributed by atoms with Gasteiger partial charge in [-0.05, 0) is 86.8 Å². The van der Waals surface area contributed by atoms with E-state index in [0.29, 0.717) is 24.4 Å². The fourth-order valence-electron chi connectivity index (χ4n) is 4.52. The van der Waals surface area contributed by atoms with Gasteiger partial charge in [0.25, 0.3) is 0 Å². The Morgan fingerprint density at radius 1 is 0.944 bits per heavy atom. The number of nitrogens with zero attached hydrogens (tertiary/aromatic N) is 4. The molecule has 2 fully saturated rings. The number of hydrogen-bond acceptors (Lipinski definition) is 8. The van der Waals surface area contributed by atoms with Gasteiger partial charge in [-0.1, -0.05) is 6.07 Å². The van der Waals surface area contributed by atoms with Gasteiger partial charge in [-0.15, -0.1) is 0 Å². The molecule has 192 valence electrons. The number of halogens is 1. The van der Waals surface area contributed by atoms with E-state index in [1.54, 1.807) is 12.5 Å². The van der Waals surface area contributed by atoms with Crippen LogP contribution in [0.4, 0.5) is 4.39 Å². The molecule has 3 aliphatic rings. The Kier molecular flexibility index (Phi) is 7.70. The average molecular weight is 514 g/mol. The third-order valence-electron chi connectivity index (χ3n) is 6.83. The van der Waals surface area contributed by atoms with Crippen LogP contribution in [0.3, 0.4) is 0 Å². The van der Waals surface area contributed by atoms with Gasteiger partial charge in [0.2, 0.25) is 10.0 Å². The van der Waals surface area contributed by atoms with E-state index in [1.165, 1.54) is 12.1 Å². The summed E-state index contributed by atoms with van der Waals surface area (Å²) in [5.41, 5.74) is 4.23. The molecule has 3 N–H and O–H groups in total. The first kappa shape index (κ1) is 24.9. The largest absolute Gasteiger partial charge is 0.277 e. The molecule has 2 saturated carbocycles. The Hall–Kier alpha value is -2.73. The molecule has 0 bridgehead atoms. The monoisotopic (exact) mass is 513 g/mol. The van der Waals surface area contributed by atoms with E-state index in [9.17, 15) is 12.8 Å². The van der Waals surface area contributed by atoms with Gasteiger partial charge in [-0.3, -0.25) is 10.3 Å². The third-order valence-corrected chi connectivity index (χ3v) is 8.27. The fraction of sp³-hybridized carbons (Fsp3) is 0.480. The molecule has 1 atom stereocenters. The van der Waals surface area contributed by atoms with Gasteiger partial charge in [0.15, 0.2) is 12.1 Å². The second-order valence-electron chi connectivity index (χ2n) is 9.68. The molecule has 5 rings (SSSR count). The summed E-state index contributed by atoms with van der Waals surface area (Å²) in [5.74, 6) is 1.08. The zero-order valence-corrected chi connectivity index (χ0v) is 20.9. The van der Waals surface area contributed by atoms with E-state index in [0.717, 1.165) is 68.7 Å². The predicted molar refractivity (Wildman–Crippen MR) is 136 cm³/mol. The Morgan fingerprint density at radius 2 is 1.67 bits per heavy atom. The SMILES string of the molecule is O=S(=O)(NCC1CCC(CNC2N=CN(NC3CC3)C(c3ccccn3)=N2)CC1)c1ccc(F)cc1. The van der Waals surface area contributed by atoms with Crippen LogP contribution in [0.1, 0.15) is 44.2 Å². The van der Waals surface area contributed by atoms with Crippen LogP contribution in [0.25, 0.3) is 0 Å². The molecule has 2 aliphatic carbocycles. The summed E-state index contributed by atoms with van der Waals surface area (Å²) in [6.07, 6.45) is 9.42. The Bertz CT molecular complexity index is 1180. The van der Waals surface area contributed by atoms with Gasteiger partial charge < -0.3 is 0 Å². The summed E-state index contributed by atoms with van der Waals surface area (Å²) in [5, 5.41) is 5.34.